The maximum atomic E-state index is 10.5. The van der Waals surface area contributed by atoms with Crippen molar-refractivity contribution in [1.82, 2.24) is 0 Å². The van der Waals surface area contributed by atoms with Gasteiger partial charge in [0.15, 0.2) is 0 Å². The molecule has 3 nitrogen and oxygen atoms in total. The van der Waals surface area contributed by atoms with E-state index in [0.29, 0.717) is 0 Å². The van der Waals surface area contributed by atoms with Gasteiger partial charge in [-0.2, -0.15) is 5.26 Å². The Morgan fingerprint density at radius 2 is 1.92 bits per heavy atom. The minimum absolute atomic E-state index is 0.125. The van der Waals surface area contributed by atoms with Gasteiger partial charge in [0.2, 0.25) is 0 Å². The van der Waals surface area contributed by atoms with Crippen molar-refractivity contribution in [3.05, 3.63) is 91.3 Å². The maximum Gasteiger partial charge on any atom is 0.313 e. The van der Waals surface area contributed by atoms with Gasteiger partial charge < -0.3 is 4.74 Å². The van der Waals surface area contributed by atoms with Crippen LogP contribution in [0.25, 0.3) is 6.08 Å². The molecule has 0 bridgehead atoms. The molecule has 1 aliphatic rings. The Labute approximate surface area is 143 Å². The molecule has 3 heteroatoms. The molecule has 1 aromatic carbocycles. The van der Waals surface area contributed by atoms with Crippen LogP contribution in [0.2, 0.25) is 0 Å². The van der Waals surface area contributed by atoms with E-state index in [-0.39, 0.29) is 11.9 Å². The Kier molecular flexibility index (Phi) is 9.03. The molecule has 0 atom stereocenters. The zero-order valence-corrected chi connectivity index (χ0v) is 13.6. The normalized spacial score (nSPS) is 13.7. The van der Waals surface area contributed by atoms with Crippen molar-refractivity contribution >= 4 is 12.0 Å². The average molecular weight is 319 g/mol. The zero-order chi connectivity index (χ0) is 17.6. The fraction of sp³-hybridized carbons (Fsp3) is 0.143. The minimum atomic E-state index is -0.125. The van der Waals surface area contributed by atoms with E-state index >= 15 is 0 Å². The number of esters is 1. The van der Waals surface area contributed by atoms with Gasteiger partial charge in [-0.15, -0.1) is 0 Å². The number of carbonyl (C=O) groups excluding carboxylic acids is 1. The van der Waals surface area contributed by atoms with Crippen molar-refractivity contribution in [2.45, 2.75) is 12.8 Å². The number of benzene rings is 1. The fourth-order valence-corrected chi connectivity index (χ4v) is 1.66. The summed E-state index contributed by atoms with van der Waals surface area (Å²) in [5, 5.41) is 8.61. The van der Waals surface area contributed by atoms with E-state index in [1.165, 1.54) is 12.3 Å². The standard InChI is InChI=1S/C15H13N.C6H8O2/c1-2-3-7-15(12-13-16)11-10-14-8-5-4-6-9-14;1-2-8-6(7)5-3-4-5/h2-12H,1H2;2,5H,1,3-4H2. The topological polar surface area (TPSA) is 50.1 Å². The highest BCUT2D eigenvalue weighted by Crippen LogP contribution is 2.29. The van der Waals surface area contributed by atoms with Gasteiger partial charge in [-0.3, -0.25) is 4.79 Å². The Bertz CT molecular complexity index is 672. The number of hydrogen-bond acceptors (Lipinski definition) is 3. The fourth-order valence-electron chi connectivity index (χ4n) is 1.66. The predicted molar refractivity (Wildman–Crippen MR) is 97.5 cm³/mol. The lowest BCUT2D eigenvalue weighted by Gasteiger charge is -1.92. The number of ether oxygens (including phenoxy) is 1. The molecule has 0 aromatic heterocycles. The lowest BCUT2D eigenvalue weighted by atomic mass is 10.1. The quantitative estimate of drug-likeness (QED) is 0.322. The molecule has 122 valence electrons. The summed E-state index contributed by atoms with van der Waals surface area (Å²) < 4.78 is 4.49. The third kappa shape index (κ3) is 8.35. The number of rotatable bonds is 6. The first-order valence-corrected chi connectivity index (χ1v) is 7.64. The molecular formula is C21H21NO2. The molecule has 0 aliphatic heterocycles. The molecule has 24 heavy (non-hydrogen) atoms. The van der Waals surface area contributed by atoms with Crippen LogP contribution in [0.1, 0.15) is 18.4 Å². The van der Waals surface area contributed by atoms with E-state index in [9.17, 15) is 4.79 Å². The molecule has 1 aliphatic carbocycles. The van der Waals surface area contributed by atoms with E-state index in [0.717, 1.165) is 24.0 Å². The Balaban J connectivity index is 0.000000300. The Morgan fingerprint density at radius 1 is 1.21 bits per heavy atom. The predicted octanol–water partition coefficient (Wildman–Crippen LogP) is 4.98. The first-order chi connectivity index (χ1) is 11.7. The summed E-state index contributed by atoms with van der Waals surface area (Å²) in [5.41, 5.74) is 1.96. The van der Waals surface area contributed by atoms with Crippen LogP contribution in [0.4, 0.5) is 0 Å². The lowest BCUT2D eigenvalue weighted by Crippen LogP contribution is -2.00. The molecule has 0 amide bonds. The highest BCUT2D eigenvalue weighted by molar-refractivity contribution is 5.75. The number of allylic oxidation sites excluding steroid dienone is 6. The maximum absolute atomic E-state index is 10.5. The average Bonchev–Trinajstić information content (AvgIpc) is 3.44. The van der Waals surface area contributed by atoms with Crippen LogP contribution in [0.5, 0.6) is 0 Å². The summed E-state index contributed by atoms with van der Waals surface area (Å²) in [5.74, 6) is 0.0630. The third-order valence-electron chi connectivity index (χ3n) is 3.03. The van der Waals surface area contributed by atoms with E-state index in [4.69, 9.17) is 5.26 Å². The van der Waals surface area contributed by atoms with Gasteiger partial charge in [-0.05, 0) is 24.0 Å². The van der Waals surface area contributed by atoms with E-state index in [2.05, 4.69) is 17.9 Å². The van der Waals surface area contributed by atoms with Gasteiger partial charge in [-0.1, -0.05) is 73.9 Å². The smallest absolute Gasteiger partial charge is 0.313 e. The van der Waals surface area contributed by atoms with Crippen molar-refractivity contribution in [1.29, 1.82) is 5.26 Å². The van der Waals surface area contributed by atoms with Gasteiger partial charge >= 0.3 is 5.97 Å². The summed E-state index contributed by atoms with van der Waals surface area (Å²) in [4.78, 5) is 10.5. The summed E-state index contributed by atoms with van der Waals surface area (Å²) in [6.45, 7) is 6.86. The Morgan fingerprint density at radius 3 is 2.46 bits per heavy atom. The molecule has 2 rings (SSSR count). The molecule has 0 radical (unpaired) electrons. The molecule has 1 aromatic rings. The van der Waals surface area contributed by atoms with E-state index in [1.54, 1.807) is 12.2 Å². The van der Waals surface area contributed by atoms with Gasteiger partial charge in [-0.25, -0.2) is 0 Å². The van der Waals surface area contributed by atoms with Crippen molar-refractivity contribution in [3.63, 3.8) is 0 Å². The first-order valence-electron chi connectivity index (χ1n) is 7.64. The minimum Gasteiger partial charge on any atom is -0.435 e. The van der Waals surface area contributed by atoms with Crippen LogP contribution in [0.3, 0.4) is 0 Å². The molecule has 0 heterocycles. The molecule has 0 saturated heterocycles. The van der Waals surface area contributed by atoms with Crippen molar-refractivity contribution in [2.24, 2.45) is 5.92 Å². The summed E-state index contributed by atoms with van der Waals surface area (Å²) in [6.07, 6.45) is 13.9. The van der Waals surface area contributed by atoms with Gasteiger partial charge in [0.05, 0.1) is 18.2 Å². The van der Waals surface area contributed by atoms with E-state index in [1.807, 2.05) is 54.6 Å². The molecule has 0 spiro atoms. The van der Waals surface area contributed by atoms with Gasteiger partial charge in [0.25, 0.3) is 0 Å². The van der Waals surface area contributed by atoms with Gasteiger partial charge in [0, 0.05) is 6.08 Å². The number of nitriles is 1. The van der Waals surface area contributed by atoms with Crippen molar-refractivity contribution in [2.75, 3.05) is 0 Å². The highest BCUT2D eigenvalue weighted by Gasteiger charge is 2.30. The van der Waals surface area contributed by atoms with Crippen LogP contribution in [0, 0.1) is 17.2 Å². The van der Waals surface area contributed by atoms with Crippen LogP contribution >= 0.6 is 0 Å². The molecule has 1 saturated carbocycles. The summed E-state index contributed by atoms with van der Waals surface area (Å²) in [6, 6.07) is 12.0. The number of carbonyl (C=O) groups is 1. The highest BCUT2D eigenvalue weighted by atomic mass is 16.5. The van der Waals surface area contributed by atoms with Crippen LogP contribution in [0.15, 0.2) is 85.7 Å². The lowest BCUT2D eigenvalue weighted by molar-refractivity contribution is -0.139. The molecular weight excluding hydrogens is 298 g/mol. The van der Waals surface area contributed by atoms with Crippen LogP contribution in [-0.4, -0.2) is 5.97 Å². The second-order valence-electron chi connectivity index (χ2n) is 4.99. The number of nitrogens with zero attached hydrogens (tertiary/aromatic N) is 1. The largest absolute Gasteiger partial charge is 0.435 e. The Hall–Kier alpha value is -3.12. The van der Waals surface area contributed by atoms with Crippen LogP contribution in [-0.2, 0) is 9.53 Å². The first kappa shape index (κ1) is 18.9. The SMILES string of the molecule is C=CC=CC(C=Cc1ccccc1)=CC#N.C=COC(=O)C1CC1. The van der Waals surface area contributed by atoms with Crippen LogP contribution < -0.4 is 0 Å². The van der Waals surface area contributed by atoms with Gasteiger partial charge in [0.1, 0.15) is 0 Å². The summed E-state index contributed by atoms with van der Waals surface area (Å²) in [7, 11) is 0. The second-order valence-corrected chi connectivity index (χ2v) is 4.99. The number of hydrogen-bond donors (Lipinski definition) is 0. The monoisotopic (exact) mass is 319 g/mol. The van der Waals surface area contributed by atoms with Crippen molar-refractivity contribution < 1.29 is 9.53 Å². The van der Waals surface area contributed by atoms with E-state index < -0.39 is 0 Å². The second kappa shape index (κ2) is 11.4. The van der Waals surface area contributed by atoms with Crippen molar-refractivity contribution in [3.8, 4) is 6.07 Å². The molecule has 1 fully saturated rings. The summed E-state index contributed by atoms with van der Waals surface area (Å²) >= 11 is 0. The third-order valence-corrected chi connectivity index (χ3v) is 3.03. The zero-order valence-electron chi connectivity index (χ0n) is 13.6. The molecule has 0 N–H and O–H groups in total. The molecule has 0 unspecified atom stereocenters.